The summed E-state index contributed by atoms with van der Waals surface area (Å²) in [4.78, 5) is 4.72. The van der Waals surface area contributed by atoms with E-state index in [1.165, 1.54) is 0 Å². The number of ether oxygens (including phenoxy) is 2. The molecule has 1 heterocycles. The summed E-state index contributed by atoms with van der Waals surface area (Å²) in [6.07, 6.45) is 0. The molecule has 0 aliphatic rings. The van der Waals surface area contributed by atoms with Gasteiger partial charge in [0, 0.05) is 16.5 Å². The molecule has 25 heavy (non-hydrogen) atoms. The molecular formula is C20H18N2O2S. The third-order valence-electron chi connectivity index (χ3n) is 3.58. The Kier molecular flexibility index (Phi) is 5.32. The van der Waals surface area contributed by atoms with Gasteiger partial charge in [0.15, 0.2) is 11.5 Å². The fraction of sp³-hybridized carbons (Fsp3) is 0.200. The number of hydrogen-bond acceptors (Lipinski definition) is 5. The van der Waals surface area contributed by atoms with Gasteiger partial charge in [-0.05, 0) is 44.2 Å². The Morgan fingerprint density at radius 2 is 1.80 bits per heavy atom. The van der Waals surface area contributed by atoms with E-state index in [0.29, 0.717) is 18.8 Å². The lowest BCUT2D eigenvalue weighted by Crippen LogP contribution is -1.98. The number of nitriles is 1. The number of aromatic nitrogens is 1. The maximum atomic E-state index is 9.05. The zero-order valence-corrected chi connectivity index (χ0v) is 15.0. The Bertz CT molecular complexity index is 912. The Balaban J connectivity index is 1.94. The van der Waals surface area contributed by atoms with Crippen molar-refractivity contribution in [1.82, 2.24) is 4.98 Å². The van der Waals surface area contributed by atoms with Crippen LogP contribution in [0.2, 0.25) is 0 Å². The van der Waals surface area contributed by atoms with Gasteiger partial charge in [0.05, 0.1) is 30.5 Å². The summed E-state index contributed by atoms with van der Waals surface area (Å²) in [5.74, 6) is 1.47. The Morgan fingerprint density at radius 1 is 1.00 bits per heavy atom. The standard InChI is InChI=1S/C20H18N2O2S/c1-3-23-18-9-8-16(11-19(18)24-4-2)20-22-17(13-25-20)15-7-5-6-14(10-15)12-21/h5-11,13H,3-4H2,1-2H3. The highest BCUT2D eigenvalue weighted by molar-refractivity contribution is 7.13. The molecule has 0 atom stereocenters. The molecule has 0 spiro atoms. The van der Waals surface area contributed by atoms with Crippen molar-refractivity contribution in [1.29, 1.82) is 5.26 Å². The van der Waals surface area contributed by atoms with Crippen LogP contribution >= 0.6 is 11.3 Å². The van der Waals surface area contributed by atoms with E-state index in [4.69, 9.17) is 19.7 Å². The van der Waals surface area contributed by atoms with E-state index < -0.39 is 0 Å². The Hall–Kier alpha value is -2.84. The maximum Gasteiger partial charge on any atom is 0.161 e. The average molecular weight is 350 g/mol. The first kappa shape index (κ1) is 17.0. The monoisotopic (exact) mass is 350 g/mol. The first-order chi connectivity index (χ1) is 12.2. The summed E-state index contributed by atoms with van der Waals surface area (Å²) in [6, 6.07) is 15.5. The van der Waals surface area contributed by atoms with E-state index in [0.717, 1.165) is 33.3 Å². The highest BCUT2D eigenvalue weighted by atomic mass is 32.1. The normalized spacial score (nSPS) is 10.3. The molecule has 0 aliphatic heterocycles. The summed E-state index contributed by atoms with van der Waals surface area (Å²) in [5, 5.41) is 12.0. The minimum atomic E-state index is 0.577. The molecule has 0 saturated heterocycles. The molecule has 0 saturated carbocycles. The van der Waals surface area contributed by atoms with Crippen LogP contribution in [-0.2, 0) is 0 Å². The molecule has 4 nitrogen and oxygen atoms in total. The smallest absolute Gasteiger partial charge is 0.161 e. The van der Waals surface area contributed by atoms with Crippen LogP contribution in [0.25, 0.3) is 21.8 Å². The molecule has 2 aromatic carbocycles. The fourth-order valence-electron chi connectivity index (χ4n) is 2.47. The van der Waals surface area contributed by atoms with E-state index in [1.807, 2.05) is 55.6 Å². The van der Waals surface area contributed by atoms with Gasteiger partial charge in [-0.15, -0.1) is 11.3 Å². The lowest BCUT2D eigenvalue weighted by atomic mass is 10.1. The predicted octanol–water partition coefficient (Wildman–Crippen LogP) is 5.15. The van der Waals surface area contributed by atoms with Crippen molar-refractivity contribution < 1.29 is 9.47 Å². The molecule has 0 fully saturated rings. The molecule has 0 aliphatic carbocycles. The second kappa shape index (κ2) is 7.82. The summed E-state index contributed by atoms with van der Waals surface area (Å²) in [7, 11) is 0. The Morgan fingerprint density at radius 3 is 2.56 bits per heavy atom. The van der Waals surface area contributed by atoms with E-state index in [-0.39, 0.29) is 0 Å². The van der Waals surface area contributed by atoms with Gasteiger partial charge in [0.2, 0.25) is 0 Å². The molecule has 1 aromatic heterocycles. The summed E-state index contributed by atoms with van der Waals surface area (Å²) in [6.45, 7) is 5.07. The molecule has 126 valence electrons. The molecule has 3 rings (SSSR count). The molecule has 0 unspecified atom stereocenters. The lowest BCUT2D eigenvalue weighted by Gasteiger charge is -2.11. The molecular weight excluding hydrogens is 332 g/mol. The van der Waals surface area contributed by atoms with E-state index >= 15 is 0 Å². The van der Waals surface area contributed by atoms with Crippen LogP contribution < -0.4 is 9.47 Å². The number of nitrogens with zero attached hydrogens (tertiary/aromatic N) is 2. The van der Waals surface area contributed by atoms with E-state index in [1.54, 1.807) is 17.4 Å². The number of rotatable bonds is 6. The quantitative estimate of drug-likeness (QED) is 0.617. The largest absolute Gasteiger partial charge is 0.490 e. The highest BCUT2D eigenvalue weighted by Gasteiger charge is 2.11. The molecule has 5 heteroatoms. The van der Waals surface area contributed by atoms with Gasteiger partial charge in [-0.25, -0.2) is 4.98 Å². The van der Waals surface area contributed by atoms with Crippen molar-refractivity contribution in [3.05, 3.63) is 53.4 Å². The molecule has 0 radical (unpaired) electrons. The first-order valence-corrected chi connectivity index (χ1v) is 8.99. The van der Waals surface area contributed by atoms with Crippen molar-refractivity contribution >= 4 is 11.3 Å². The lowest BCUT2D eigenvalue weighted by molar-refractivity contribution is 0.288. The molecule has 0 N–H and O–H groups in total. The number of thiazole rings is 1. The minimum absolute atomic E-state index is 0.577. The first-order valence-electron chi connectivity index (χ1n) is 8.11. The summed E-state index contributed by atoms with van der Waals surface area (Å²) < 4.78 is 11.3. The van der Waals surface area contributed by atoms with Crippen molar-refractivity contribution in [2.45, 2.75) is 13.8 Å². The highest BCUT2D eigenvalue weighted by Crippen LogP contribution is 2.35. The van der Waals surface area contributed by atoms with E-state index in [2.05, 4.69) is 6.07 Å². The second-order valence-corrected chi connectivity index (χ2v) is 6.12. The minimum Gasteiger partial charge on any atom is -0.490 e. The van der Waals surface area contributed by atoms with Gasteiger partial charge in [-0.3, -0.25) is 0 Å². The van der Waals surface area contributed by atoms with Gasteiger partial charge < -0.3 is 9.47 Å². The van der Waals surface area contributed by atoms with Crippen LogP contribution in [0.1, 0.15) is 19.4 Å². The third kappa shape index (κ3) is 3.81. The van der Waals surface area contributed by atoms with Crippen molar-refractivity contribution in [3.63, 3.8) is 0 Å². The van der Waals surface area contributed by atoms with Crippen LogP contribution in [0.4, 0.5) is 0 Å². The molecule has 3 aromatic rings. The second-order valence-electron chi connectivity index (χ2n) is 5.26. The van der Waals surface area contributed by atoms with Crippen molar-refractivity contribution in [3.8, 4) is 39.4 Å². The third-order valence-corrected chi connectivity index (χ3v) is 4.47. The average Bonchev–Trinajstić information content (AvgIpc) is 3.14. The maximum absolute atomic E-state index is 9.05. The van der Waals surface area contributed by atoms with Crippen molar-refractivity contribution in [2.24, 2.45) is 0 Å². The van der Waals surface area contributed by atoms with Crippen LogP contribution in [0.5, 0.6) is 11.5 Å². The number of hydrogen-bond donors (Lipinski definition) is 0. The summed E-state index contributed by atoms with van der Waals surface area (Å²) >= 11 is 1.57. The van der Waals surface area contributed by atoms with Crippen LogP contribution in [0.15, 0.2) is 47.8 Å². The van der Waals surface area contributed by atoms with E-state index in [9.17, 15) is 0 Å². The van der Waals surface area contributed by atoms with Gasteiger partial charge in [0.1, 0.15) is 5.01 Å². The van der Waals surface area contributed by atoms with Gasteiger partial charge in [-0.1, -0.05) is 12.1 Å². The zero-order valence-electron chi connectivity index (χ0n) is 14.2. The van der Waals surface area contributed by atoms with Gasteiger partial charge in [-0.2, -0.15) is 5.26 Å². The van der Waals surface area contributed by atoms with Gasteiger partial charge in [0.25, 0.3) is 0 Å². The van der Waals surface area contributed by atoms with Gasteiger partial charge >= 0.3 is 0 Å². The topological polar surface area (TPSA) is 55.1 Å². The molecule has 0 amide bonds. The fourth-order valence-corrected chi connectivity index (χ4v) is 3.30. The molecule has 0 bridgehead atoms. The van der Waals surface area contributed by atoms with Crippen LogP contribution in [-0.4, -0.2) is 18.2 Å². The SMILES string of the molecule is CCOc1ccc(-c2nc(-c3cccc(C#N)c3)cs2)cc1OCC. The Labute approximate surface area is 151 Å². The number of benzene rings is 2. The summed E-state index contributed by atoms with van der Waals surface area (Å²) in [5.41, 5.74) is 3.42. The van der Waals surface area contributed by atoms with Crippen LogP contribution in [0.3, 0.4) is 0 Å². The predicted molar refractivity (Wildman–Crippen MR) is 100 cm³/mol. The van der Waals surface area contributed by atoms with Crippen molar-refractivity contribution in [2.75, 3.05) is 13.2 Å². The van der Waals surface area contributed by atoms with Crippen LogP contribution in [0, 0.1) is 11.3 Å². The zero-order chi connectivity index (χ0) is 17.6.